The van der Waals surface area contributed by atoms with Gasteiger partial charge in [0.1, 0.15) is 18.0 Å². The third kappa shape index (κ3) is 2.76. The minimum Gasteiger partial charge on any atom is -0.487 e. The van der Waals surface area contributed by atoms with E-state index < -0.39 is 35.9 Å². The number of nitrogens with two attached hydrogens (primary N) is 1. The highest BCUT2D eigenvalue weighted by atomic mass is 79.9. The molecule has 1 amide bonds. The molecule has 1 radical (unpaired) electrons. The van der Waals surface area contributed by atoms with Crippen molar-refractivity contribution in [3.8, 4) is 5.75 Å². The van der Waals surface area contributed by atoms with Gasteiger partial charge in [-0.1, -0.05) is 15.9 Å². The fourth-order valence-electron chi connectivity index (χ4n) is 2.63. The zero-order valence-electron chi connectivity index (χ0n) is 11.5. The van der Waals surface area contributed by atoms with Crippen LogP contribution in [0.1, 0.15) is 19.4 Å². The molecule has 0 saturated carbocycles. The second kappa shape index (κ2) is 5.21. The fraction of sp³-hybridized carbons (Fsp3) is 0.429. The van der Waals surface area contributed by atoms with Gasteiger partial charge in [-0.3, -0.25) is 4.79 Å². The first-order valence-electron chi connectivity index (χ1n) is 6.24. The van der Waals surface area contributed by atoms with Crippen LogP contribution in [0.4, 0.5) is 8.78 Å². The van der Waals surface area contributed by atoms with E-state index in [2.05, 4.69) is 15.9 Å². The smallest absolute Gasteiger partial charge is 0.282 e. The lowest BCUT2D eigenvalue weighted by atomic mass is 9.71. The number of primary amides is 1. The van der Waals surface area contributed by atoms with Crippen LogP contribution in [0.25, 0.3) is 0 Å². The summed E-state index contributed by atoms with van der Waals surface area (Å²) in [5.41, 5.74) is 4.15. The van der Waals surface area contributed by atoms with E-state index in [9.17, 15) is 13.6 Å². The molecule has 0 fully saturated rings. The zero-order valence-corrected chi connectivity index (χ0v) is 13.1. The summed E-state index contributed by atoms with van der Waals surface area (Å²) in [6, 6.07) is 4.61. The number of hydrogen-bond donors (Lipinski definition) is 2. The van der Waals surface area contributed by atoms with Gasteiger partial charge in [-0.05, 0) is 32.0 Å². The molecule has 0 aliphatic carbocycles. The molecule has 1 aromatic carbocycles. The Balaban J connectivity index is 2.70. The first-order chi connectivity index (χ1) is 9.60. The van der Waals surface area contributed by atoms with Crippen molar-refractivity contribution in [3.05, 3.63) is 34.2 Å². The maximum absolute atomic E-state index is 14.2. The number of ether oxygens (including phenoxy) is 1. The van der Waals surface area contributed by atoms with Crippen LogP contribution in [0.2, 0.25) is 0 Å². The van der Waals surface area contributed by atoms with Crippen LogP contribution in [0, 0.1) is 11.8 Å². The SMILES string of the molecule is CC1(C)Oc2ccc(Br)cc2[C](C(F)(F)CO)[C@H]1C(N)=O. The lowest BCUT2D eigenvalue weighted by Crippen LogP contribution is -2.56. The number of aliphatic hydroxyl groups excluding tert-OH is 1. The number of halogens is 3. The van der Waals surface area contributed by atoms with E-state index in [1.54, 1.807) is 6.07 Å². The highest BCUT2D eigenvalue weighted by Gasteiger charge is 2.57. The Morgan fingerprint density at radius 2 is 2.14 bits per heavy atom. The Morgan fingerprint density at radius 1 is 1.52 bits per heavy atom. The Hall–Kier alpha value is -1.21. The standard InChI is InChI=1S/C14H15BrF2NO3/c1-13(2)11(12(18)20)10(14(16,17)6-19)8-5-7(15)3-4-9(8)21-13/h3-5,11,19H,6H2,1-2H3,(H2,18,20)/t11-/m0/s1. The summed E-state index contributed by atoms with van der Waals surface area (Å²) in [5, 5.41) is 9.04. The molecule has 0 saturated heterocycles. The molecule has 3 N–H and O–H groups in total. The maximum Gasteiger partial charge on any atom is 0.282 e. The molecule has 21 heavy (non-hydrogen) atoms. The first-order valence-corrected chi connectivity index (χ1v) is 7.03. The second-order valence-electron chi connectivity index (χ2n) is 5.46. The number of rotatable bonds is 3. The van der Waals surface area contributed by atoms with E-state index in [1.807, 2.05) is 0 Å². The Labute approximate surface area is 129 Å². The molecule has 4 nitrogen and oxygen atoms in total. The summed E-state index contributed by atoms with van der Waals surface area (Å²) in [5.74, 6) is -6.12. The van der Waals surface area contributed by atoms with Crippen LogP contribution in [-0.2, 0) is 4.79 Å². The molecule has 2 rings (SSSR count). The molecule has 1 atom stereocenters. The number of carbonyl (C=O) groups is 1. The van der Waals surface area contributed by atoms with Gasteiger partial charge in [0.05, 0.1) is 11.8 Å². The lowest BCUT2D eigenvalue weighted by molar-refractivity contribution is -0.133. The maximum atomic E-state index is 14.2. The van der Waals surface area contributed by atoms with E-state index in [1.165, 1.54) is 26.0 Å². The topological polar surface area (TPSA) is 72.6 Å². The van der Waals surface area contributed by atoms with Crippen LogP contribution in [0.5, 0.6) is 5.75 Å². The van der Waals surface area contributed by atoms with Gasteiger partial charge in [0.15, 0.2) is 0 Å². The van der Waals surface area contributed by atoms with E-state index in [0.29, 0.717) is 4.47 Å². The Morgan fingerprint density at radius 3 is 2.67 bits per heavy atom. The first kappa shape index (κ1) is 16.2. The van der Waals surface area contributed by atoms with Gasteiger partial charge in [0.2, 0.25) is 5.91 Å². The minimum absolute atomic E-state index is 0.0755. The van der Waals surface area contributed by atoms with Crippen molar-refractivity contribution in [3.63, 3.8) is 0 Å². The van der Waals surface area contributed by atoms with E-state index in [-0.39, 0.29) is 11.3 Å². The minimum atomic E-state index is -3.57. The van der Waals surface area contributed by atoms with E-state index in [4.69, 9.17) is 15.6 Å². The molecule has 1 aliphatic heterocycles. The van der Waals surface area contributed by atoms with Gasteiger partial charge in [-0.15, -0.1) is 0 Å². The normalized spacial score (nSPS) is 21.5. The van der Waals surface area contributed by atoms with Crippen LogP contribution in [0.3, 0.4) is 0 Å². The third-order valence-electron chi connectivity index (χ3n) is 3.47. The number of hydrogen-bond acceptors (Lipinski definition) is 3. The number of alkyl halides is 2. The van der Waals surface area contributed by atoms with Crippen molar-refractivity contribution in [2.45, 2.75) is 25.4 Å². The average molecular weight is 363 g/mol. The highest BCUT2D eigenvalue weighted by molar-refractivity contribution is 9.10. The molecule has 115 valence electrons. The molecule has 1 aromatic rings. The van der Waals surface area contributed by atoms with Gasteiger partial charge in [-0.25, -0.2) is 8.78 Å². The quantitative estimate of drug-likeness (QED) is 0.866. The molecule has 0 spiro atoms. The van der Waals surface area contributed by atoms with Crippen LogP contribution in [-0.4, -0.2) is 29.1 Å². The van der Waals surface area contributed by atoms with Crippen LogP contribution in [0.15, 0.2) is 22.7 Å². The number of aliphatic hydroxyl groups is 1. The molecular weight excluding hydrogens is 348 g/mol. The van der Waals surface area contributed by atoms with Crippen molar-refractivity contribution >= 4 is 21.8 Å². The Kier molecular flexibility index (Phi) is 4.01. The summed E-state index contributed by atoms with van der Waals surface area (Å²) >= 11 is 3.20. The van der Waals surface area contributed by atoms with Crippen LogP contribution >= 0.6 is 15.9 Å². The number of carbonyl (C=O) groups excluding carboxylic acids is 1. The summed E-state index contributed by atoms with van der Waals surface area (Å²) in [6.07, 6.45) is 0. The van der Waals surface area contributed by atoms with Crippen molar-refractivity contribution in [2.24, 2.45) is 11.7 Å². The monoisotopic (exact) mass is 362 g/mol. The largest absolute Gasteiger partial charge is 0.487 e. The van der Waals surface area contributed by atoms with Gasteiger partial charge in [0, 0.05) is 10.0 Å². The summed E-state index contributed by atoms with van der Waals surface area (Å²) < 4.78 is 34.7. The van der Waals surface area contributed by atoms with Crippen LogP contribution < -0.4 is 10.5 Å². The van der Waals surface area contributed by atoms with Crippen molar-refractivity contribution in [1.29, 1.82) is 0 Å². The predicted molar refractivity (Wildman–Crippen MR) is 75.9 cm³/mol. The third-order valence-corrected chi connectivity index (χ3v) is 3.96. The second-order valence-corrected chi connectivity index (χ2v) is 6.37. The van der Waals surface area contributed by atoms with Crippen molar-refractivity contribution in [2.75, 3.05) is 6.61 Å². The summed E-state index contributed by atoms with van der Waals surface area (Å²) in [7, 11) is 0. The molecular formula is C14H15BrF2NO3. The zero-order chi connectivity index (χ0) is 16.0. The van der Waals surface area contributed by atoms with Gasteiger partial charge in [0.25, 0.3) is 5.92 Å². The van der Waals surface area contributed by atoms with E-state index >= 15 is 0 Å². The lowest BCUT2D eigenvalue weighted by Gasteiger charge is -2.44. The fourth-order valence-corrected chi connectivity index (χ4v) is 2.99. The van der Waals surface area contributed by atoms with Gasteiger partial charge < -0.3 is 15.6 Å². The molecule has 0 unspecified atom stereocenters. The summed E-state index contributed by atoms with van der Waals surface area (Å²) in [4.78, 5) is 11.7. The van der Waals surface area contributed by atoms with Crippen molar-refractivity contribution < 1.29 is 23.4 Å². The molecule has 1 aliphatic rings. The molecule has 7 heteroatoms. The van der Waals surface area contributed by atoms with Gasteiger partial charge in [-0.2, -0.15) is 0 Å². The number of benzene rings is 1. The number of amides is 1. The average Bonchev–Trinajstić information content (AvgIpc) is 2.36. The van der Waals surface area contributed by atoms with E-state index in [0.717, 1.165) is 0 Å². The van der Waals surface area contributed by atoms with Gasteiger partial charge >= 0.3 is 0 Å². The number of fused-ring (bicyclic) bond motifs is 1. The molecule has 0 aromatic heterocycles. The Bertz CT molecular complexity index is 577. The molecule has 0 bridgehead atoms. The van der Waals surface area contributed by atoms with Crippen molar-refractivity contribution in [1.82, 2.24) is 0 Å². The molecule has 1 heterocycles. The predicted octanol–water partition coefficient (Wildman–Crippen LogP) is 2.27. The highest BCUT2D eigenvalue weighted by Crippen LogP contribution is 2.51. The summed E-state index contributed by atoms with van der Waals surface area (Å²) in [6.45, 7) is 1.62.